The summed E-state index contributed by atoms with van der Waals surface area (Å²) in [7, 11) is 0. The van der Waals surface area contributed by atoms with Crippen LogP contribution in [0.15, 0.2) is 16.7 Å². The van der Waals surface area contributed by atoms with Crippen molar-refractivity contribution in [2.45, 2.75) is 57.7 Å². The van der Waals surface area contributed by atoms with Gasteiger partial charge in [0.15, 0.2) is 11.3 Å². The number of alkyl halides is 3. The van der Waals surface area contributed by atoms with Crippen LogP contribution in [0, 0.1) is 5.92 Å². The molecule has 25 heavy (non-hydrogen) atoms. The highest BCUT2D eigenvalue weighted by atomic mass is 19.4. The molecule has 3 rings (SSSR count). The average Bonchev–Trinajstić information content (AvgIpc) is 3.02. The van der Waals surface area contributed by atoms with E-state index in [2.05, 4.69) is 5.16 Å². The van der Waals surface area contributed by atoms with E-state index < -0.39 is 11.9 Å². The Balaban J connectivity index is 1.99. The van der Waals surface area contributed by atoms with Gasteiger partial charge in [0.25, 0.3) is 0 Å². The minimum Gasteiger partial charge on any atom is -0.490 e. The fourth-order valence-corrected chi connectivity index (χ4v) is 3.54. The van der Waals surface area contributed by atoms with E-state index in [1.165, 1.54) is 6.07 Å². The van der Waals surface area contributed by atoms with Gasteiger partial charge < -0.3 is 14.4 Å². The first-order chi connectivity index (χ1) is 12.0. The summed E-state index contributed by atoms with van der Waals surface area (Å²) in [6, 6.07) is 2.93. The molecule has 0 saturated heterocycles. The van der Waals surface area contributed by atoms with Crippen LogP contribution in [0.25, 0.3) is 11.0 Å². The lowest BCUT2D eigenvalue weighted by Crippen LogP contribution is -2.32. The molecule has 0 aliphatic heterocycles. The Kier molecular flexibility index (Phi) is 5.22. The summed E-state index contributed by atoms with van der Waals surface area (Å²) in [6.07, 6.45) is 0.406. The Labute approximate surface area is 143 Å². The van der Waals surface area contributed by atoms with E-state index in [9.17, 15) is 18.3 Å². The fourth-order valence-electron chi connectivity index (χ4n) is 3.54. The number of hydrogen-bond acceptors (Lipinski definition) is 4. The number of rotatable bonds is 5. The highest BCUT2D eigenvalue weighted by Gasteiger charge is 2.38. The highest BCUT2D eigenvalue weighted by molar-refractivity contribution is 5.85. The molecule has 2 atom stereocenters. The number of aliphatic hydroxyl groups excluding tert-OH is 1. The number of nitrogens with zero attached hydrogens (tertiary/aromatic N) is 1. The summed E-state index contributed by atoms with van der Waals surface area (Å²) in [5, 5.41) is 12.7. The molecule has 1 aromatic heterocycles. The summed E-state index contributed by atoms with van der Waals surface area (Å²) in [5.74, 6) is 0.587. The molecule has 138 valence electrons. The van der Waals surface area contributed by atoms with Crippen LogP contribution in [0.2, 0.25) is 0 Å². The Hall–Kier alpha value is -1.76. The van der Waals surface area contributed by atoms with Gasteiger partial charge in [0, 0.05) is 18.1 Å². The van der Waals surface area contributed by atoms with Gasteiger partial charge in [-0.15, -0.1) is 0 Å². The predicted molar refractivity (Wildman–Crippen MR) is 86.5 cm³/mol. The Bertz CT molecular complexity index is 726. The van der Waals surface area contributed by atoms with Crippen molar-refractivity contribution in [2.75, 3.05) is 6.61 Å². The third-order valence-corrected chi connectivity index (χ3v) is 4.82. The molecule has 1 N–H and O–H groups in total. The van der Waals surface area contributed by atoms with E-state index in [0.29, 0.717) is 17.7 Å². The monoisotopic (exact) mass is 357 g/mol. The molecule has 1 saturated carbocycles. The van der Waals surface area contributed by atoms with Crippen LogP contribution < -0.4 is 4.74 Å². The number of aromatic nitrogens is 1. The third-order valence-electron chi connectivity index (χ3n) is 4.82. The minimum atomic E-state index is -4.55. The lowest BCUT2D eigenvalue weighted by Gasteiger charge is -2.31. The Morgan fingerprint density at radius 2 is 2.04 bits per heavy atom. The normalized spacial score (nSPS) is 21.6. The van der Waals surface area contributed by atoms with Crippen molar-refractivity contribution in [2.24, 2.45) is 5.92 Å². The van der Waals surface area contributed by atoms with E-state index in [4.69, 9.17) is 9.26 Å². The topological polar surface area (TPSA) is 55.5 Å². The maximum atomic E-state index is 13.1. The first-order valence-corrected chi connectivity index (χ1v) is 8.71. The number of benzene rings is 1. The fraction of sp³-hybridized carbons (Fsp3) is 0.611. The predicted octanol–water partition coefficient (Wildman–Crippen LogP) is 4.73. The van der Waals surface area contributed by atoms with Crippen LogP contribution in [0.3, 0.4) is 0 Å². The largest absolute Gasteiger partial charge is 0.490 e. The minimum absolute atomic E-state index is 0.0364. The zero-order valence-corrected chi connectivity index (χ0v) is 14.1. The maximum Gasteiger partial charge on any atom is 0.437 e. The van der Waals surface area contributed by atoms with Crippen molar-refractivity contribution in [3.8, 4) is 5.75 Å². The first-order valence-electron chi connectivity index (χ1n) is 8.71. The molecule has 1 heterocycles. The molecule has 0 bridgehead atoms. The summed E-state index contributed by atoms with van der Waals surface area (Å²) >= 11 is 0. The molecule has 1 aliphatic rings. The van der Waals surface area contributed by atoms with Gasteiger partial charge in [-0.25, -0.2) is 0 Å². The number of aryl methyl sites for hydroxylation is 1. The molecular formula is C18H22F3NO3. The Morgan fingerprint density at radius 3 is 2.72 bits per heavy atom. The SMILES string of the molecule is CCCc1c(OC2CCCC[C@H]2CO)ccc2c(C(F)(F)F)noc12. The lowest BCUT2D eigenvalue weighted by molar-refractivity contribution is -0.141. The van der Waals surface area contributed by atoms with Gasteiger partial charge in [0.05, 0.1) is 5.39 Å². The van der Waals surface area contributed by atoms with Gasteiger partial charge in [0.1, 0.15) is 11.9 Å². The summed E-state index contributed by atoms with van der Waals surface area (Å²) in [5.41, 5.74) is -0.245. The Morgan fingerprint density at radius 1 is 1.28 bits per heavy atom. The van der Waals surface area contributed by atoms with Crippen LogP contribution in [-0.4, -0.2) is 23.0 Å². The number of ether oxygens (including phenoxy) is 1. The van der Waals surface area contributed by atoms with Crippen molar-refractivity contribution in [1.29, 1.82) is 0 Å². The number of fused-ring (bicyclic) bond motifs is 1. The van der Waals surface area contributed by atoms with Gasteiger partial charge in [-0.05, 0) is 37.8 Å². The van der Waals surface area contributed by atoms with E-state index in [0.717, 1.165) is 32.1 Å². The van der Waals surface area contributed by atoms with Crippen LogP contribution in [0.4, 0.5) is 13.2 Å². The second-order valence-corrected chi connectivity index (χ2v) is 6.58. The van der Waals surface area contributed by atoms with Crippen molar-refractivity contribution < 1.29 is 27.5 Å². The zero-order valence-electron chi connectivity index (χ0n) is 14.1. The van der Waals surface area contributed by atoms with Crippen molar-refractivity contribution >= 4 is 11.0 Å². The second kappa shape index (κ2) is 7.23. The number of aliphatic hydroxyl groups is 1. The molecule has 1 unspecified atom stereocenters. The lowest BCUT2D eigenvalue weighted by atomic mass is 9.87. The van der Waals surface area contributed by atoms with Crippen LogP contribution in [0.5, 0.6) is 5.75 Å². The summed E-state index contributed by atoms with van der Waals surface area (Å²) < 4.78 is 50.3. The zero-order chi connectivity index (χ0) is 18.0. The molecule has 4 nitrogen and oxygen atoms in total. The van der Waals surface area contributed by atoms with E-state index in [1.54, 1.807) is 6.07 Å². The molecule has 7 heteroatoms. The quantitative estimate of drug-likeness (QED) is 0.841. The van der Waals surface area contributed by atoms with Crippen LogP contribution >= 0.6 is 0 Å². The van der Waals surface area contributed by atoms with Crippen molar-refractivity contribution in [1.82, 2.24) is 5.16 Å². The van der Waals surface area contributed by atoms with Gasteiger partial charge in [-0.1, -0.05) is 24.9 Å². The van der Waals surface area contributed by atoms with Crippen molar-refractivity contribution in [3.63, 3.8) is 0 Å². The smallest absolute Gasteiger partial charge is 0.437 e. The second-order valence-electron chi connectivity index (χ2n) is 6.58. The van der Waals surface area contributed by atoms with Gasteiger partial charge in [0.2, 0.25) is 0 Å². The van der Waals surface area contributed by atoms with E-state index in [1.807, 2.05) is 6.92 Å². The van der Waals surface area contributed by atoms with Crippen LogP contribution in [0.1, 0.15) is 50.3 Å². The number of hydrogen-bond donors (Lipinski definition) is 1. The first kappa shape index (κ1) is 18.0. The molecule has 1 fully saturated rings. The molecule has 0 radical (unpaired) electrons. The van der Waals surface area contributed by atoms with Crippen molar-refractivity contribution in [3.05, 3.63) is 23.4 Å². The maximum absolute atomic E-state index is 13.1. The molecule has 2 aromatic rings. The van der Waals surface area contributed by atoms with Gasteiger partial charge in [-0.2, -0.15) is 13.2 Å². The molecule has 0 spiro atoms. The number of halogens is 3. The van der Waals surface area contributed by atoms with E-state index >= 15 is 0 Å². The molecule has 1 aromatic carbocycles. The van der Waals surface area contributed by atoms with Gasteiger partial charge in [-0.3, -0.25) is 0 Å². The molecule has 0 amide bonds. The standard InChI is InChI=1S/C18H22F3NO3/c1-2-5-12-15(24-14-7-4-3-6-11(14)10-23)9-8-13-16(12)25-22-17(13)18(19,20)21/h8-9,11,14,23H,2-7,10H2,1H3/t11-,14?/m0/s1. The summed E-state index contributed by atoms with van der Waals surface area (Å²) in [6.45, 7) is 2.00. The summed E-state index contributed by atoms with van der Waals surface area (Å²) in [4.78, 5) is 0. The van der Waals surface area contributed by atoms with Crippen LogP contribution in [-0.2, 0) is 12.6 Å². The molecule has 1 aliphatic carbocycles. The molecular weight excluding hydrogens is 335 g/mol. The highest BCUT2D eigenvalue weighted by Crippen LogP contribution is 2.39. The average molecular weight is 357 g/mol. The third kappa shape index (κ3) is 3.61. The van der Waals surface area contributed by atoms with Gasteiger partial charge >= 0.3 is 6.18 Å². The van der Waals surface area contributed by atoms with E-state index in [-0.39, 0.29) is 29.6 Å².